The van der Waals surface area contributed by atoms with Crippen molar-refractivity contribution >= 4 is 16.0 Å². The van der Waals surface area contributed by atoms with Crippen molar-refractivity contribution in [3.8, 4) is 0 Å². The molecule has 134 valence electrons. The van der Waals surface area contributed by atoms with Gasteiger partial charge in [-0.1, -0.05) is 29.8 Å². The van der Waals surface area contributed by atoms with Gasteiger partial charge in [0.25, 0.3) is 0 Å². The highest BCUT2D eigenvalue weighted by Crippen LogP contribution is 2.46. The van der Waals surface area contributed by atoms with Gasteiger partial charge in [-0.25, -0.2) is 13.2 Å². The summed E-state index contributed by atoms with van der Waals surface area (Å²) in [4.78, 5) is 12.1. The van der Waals surface area contributed by atoms with Crippen LogP contribution in [-0.4, -0.2) is 38.9 Å². The largest absolute Gasteiger partial charge is 0.466 e. The number of hydrogen-bond acceptors (Lipinski definition) is 4. The lowest BCUT2D eigenvalue weighted by Crippen LogP contribution is -2.32. The maximum Gasteiger partial charge on any atom is 0.330 e. The van der Waals surface area contributed by atoms with E-state index in [0.29, 0.717) is 11.4 Å². The van der Waals surface area contributed by atoms with Gasteiger partial charge in [0.05, 0.1) is 12.0 Å². The van der Waals surface area contributed by atoms with Gasteiger partial charge < -0.3 is 4.74 Å². The molecule has 0 aromatic heterocycles. The molecule has 2 aliphatic rings. The van der Waals surface area contributed by atoms with Gasteiger partial charge >= 0.3 is 5.97 Å². The monoisotopic (exact) mass is 361 g/mol. The molecule has 1 aliphatic carbocycles. The predicted molar refractivity (Wildman–Crippen MR) is 95.5 cm³/mol. The van der Waals surface area contributed by atoms with Crippen molar-refractivity contribution < 1.29 is 17.9 Å². The first-order valence-electron chi connectivity index (χ1n) is 8.38. The Morgan fingerprint density at radius 2 is 1.96 bits per heavy atom. The Balaban J connectivity index is 1.96. The third kappa shape index (κ3) is 3.41. The van der Waals surface area contributed by atoms with Gasteiger partial charge in [-0.05, 0) is 43.9 Å². The van der Waals surface area contributed by atoms with Crippen molar-refractivity contribution in [1.82, 2.24) is 4.31 Å². The summed E-state index contributed by atoms with van der Waals surface area (Å²) in [6, 6.07) is 6.88. The minimum atomic E-state index is -3.59. The molecule has 3 rings (SSSR count). The number of allylic oxidation sites excluding steroid dienone is 2. The van der Waals surface area contributed by atoms with E-state index < -0.39 is 16.0 Å². The van der Waals surface area contributed by atoms with Gasteiger partial charge in [-0.2, -0.15) is 4.31 Å². The Hall–Kier alpha value is -1.92. The lowest BCUT2D eigenvalue weighted by Gasteiger charge is -2.31. The quantitative estimate of drug-likeness (QED) is 0.472. The Bertz CT molecular complexity index is 823. The Morgan fingerprint density at radius 1 is 1.24 bits per heavy atom. The van der Waals surface area contributed by atoms with Crippen molar-refractivity contribution in [1.29, 1.82) is 0 Å². The molecule has 1 atom stereocenters. The number of esters is 1. The number of ether oxygens (including phenoxy) is 1. The molecule has 1 heterocycles. The summed E-state index contributed by atoms with van der Waals surface area (Å²) in [5.74, 6) is -0.432. The molecule has 0 unspecified atom stereocenters. The number of benzene rings is 1. The van der Waals surface area contributed by atoms with Crippen molar-refractivity contribution in [3.63, 3.8) is 0 Å². The molecule has 0 N–H and O–H groups in total. The van der Waals surface area contributed by atoms with Gasteiger partial charge in [-0.15, -0.1) is 0 Å². The third-order valence-corrected chi connectivity index (χ3v) is 6.93. The van der Waals surface area contributed by atoms with E-state index in [1.54, 1.807) is 24.3 Å². The normalized spacial score (nSPS) is 25.6. The molecule has 0 saturated carbocycles. The standard InChI is InChI=1S/C19H23NO4S/c1-15-6-8-17(9-7-15)25(22,23)20-13-16(12-18(21)24-2)19(14-20)10-4-3-5-11-19/h3-4,6-9,12H,5,10-11,13-14H2,1-2H3/b16-12+/t19-/m0/s1. The number of carbonyl (C=O) groups excluding carboxylic acids is 1. The molecular formula is C19H23NO4S. The summed E-state index contributed by atoms with van der Waals surface area (Å²) in [6.45, 7) is 2.56. The fourth-order valence-corrected chi connectivity index (χ4v) is 5.11. The van der Waals surface area contributed by atoms with E-state index in [-0.39, 0.29) is 12.0 Å². The lowest BCUT2D eigenvalue weighted by molar-refractivity contribution is -0.134. The summed E-state index contributed by atoms with van der Waals surface area (Å²) in [6.07, 6.45) is 8.14. The number of carbonyl (C=O) groups is 1. The second kappa shape index (κ2) is 6.77. The summed E-state index contributed by atoms with van der Waals surface area (Å²) >= 11 is 0. The molecule has 1 saturated heterocycles. The SMILES string of the molecule is COC(=O)/C=C1\CN(S(=O)(=O)c2ccc(C)cc2)C[C@@]12CC=CCC2. The van der Waals surface area contributed by atoms with E-state index in [0.717, 1.165) is 30.4 Å². The fourth-order valence-electron chi connectivity index (χ4n) is 3.61. The summed E-state index contributed by atoms with van der Waals surface area (Å²) < 4.78 is 32.3. The van der Waals surface area contributed by atoms with E-state index in [9.17, 15) is 13.2 Å². The number of nitrogens with zero attached hydrogens (tertiary/aromatic N) is 1. The topological polar surface area (TPSA) is 63.7 Å². The zero-order valence-electron chi connectivity index (χ0n) is 14.6. The molecule has 0 radical (unpaired) electrons. The molecule has 1 spiro atoms. The van der Waals surface area contributed by atoms with Gasteiger partial charge in [-0.3, -0.25) is 0 Å². The van der Waals surface area contributed by atoms with E-state index in [1.165, 1.54) is 17.5 Å². The highest BCUT2D eigenvalue weighted by molar-refractivity contribution is 7.89. The summed E-state index contributed by atoms with van der Waals surface area (Å²) in [7, 11) is -2.25. The van der Waals surface area contributed by atoms with E-state index in [2.05, 4.69) is 12.2 Å². The van der Waals surface area contributed by atoms with Crippen molar-refractivity contribution in [2.75, 3.05) is 20.2 Å². The second-order valence-electron chi connectivity index (χ2n) is 6.77. The number of aryl methyl sites for hydroxylation is 1. The maximum absolute atomic E-state index is 13.0. The van der Waals surface area contributed by atoms with Crippen LogP contribution >= 0.6 is 0 Å². The van der Waals surface area contributed by atoms with E-state index in [1.807, 2.05) is 6.92 Å². The Labute approximate surface area is 149 Å². The number of methoxy groups -OCH3 is 1. The molecule has 1 aromatic rings. The molecule has 5 nitrogen and oxygen atoms in total. The highest BCUT2D eigenvalue weighted by Gasteiger charge is 2.46. The van der Waals surface area contributed by atoms with Crippen LogP contribution in [0.4, 0.5) is 0 Å². The van der Waals surface area contributed by atoms with Crippen LogP contribution in [0.5, 0.6) is 0 Å². The van der Waals surface area contributed by atoms with Crippen molar-refractivity contribution in [2.45, 2.75) is 31.1 Å². The Kier molecular flexibility index (Phi) is 4.84. The number of hydrogen-bond donors (Lipinski definition) is 0. The molecule has 1 aliphatic heterocycles. The van der Waals surface area contributed by atoms with Crippen LogP contribution in [0.2, 0.25) is 0 Å². The number of rotatable bonds is 3. The fraction of sp³-hybridized carbons (Fsp3) is 0.421. The van der Waals surface area contributed by atoms with Crippen molar-refractivity contribution in [3.05, 3.63) is 53.6 Å². The van der Waals surface area contributed by atoms with Gasteiger partial charge in [0.2, 0.25) is 10.0 Å². The molecule has 0 bridgehead atoms. The van der Waals surface area contributed by atoms with E-state index in [4.69, 9.17) is 4.74 Å². The zero-order chi connectivity index (χ0) is 18.1. The summed E-state index contributed by atoms with van der Waals surface area (Å²) in [5.41, 5.74) is 1.56. The van der Waals surface area contributed by atoms with Crippen LogP contribution < -0.4 is 0 Å². The van der Waals surface area contributed by atoms with Crippen LogP contribution in [0.3, 0.4) is 0 Å². The zero-order valence-corrected chi connectivity index (χ0v) is 15.4. The van der Waals surface area contributed by atoms with Crippen LogP contribution in [0.25, 0.3) is 0 Å². The molecular weight excluding hydrogens is 338 g/mol. The first-order chi connectivity index (χ1) is 11.9. The van der Waals surface area contributed by atoms with E-state index >= 15 is 0 Å². The minimum absolute atomic E-state index is 0.235. The predicted octanol–water partition coefficient (Wildman–Crippen LogP) is 2.83. The van der Waals surface area contributed by atoms with Crippen LogP contribution in [-0.2, 0) is 19.6 Å². The highest BCUT2D eigenvalue weighted by atomic mass is 32.2. The molecule has 6 heteroatoms. The maximum atomic E-state index is 13.0. The Morgan fingerprint density at radius 3 is 2.56 bits per heavy atom. The van der Waals surface area contributed by atoms with Crippen LogP contribution in [0, 0.1) is 12.3 Å². The van der Waals surface area contributed by atoms with Crippen LogP contribution in [0.1, 0.15) is 24.8 Å². The van der Waals surface area contributed by atoms with Gasteiger partial charge in [0.15, 0.2) is 0 Å². The average molecular weight is 361 g/mol. The molecule has 25 heavy (non-hydrogen) atoms. The average Bonchev–Trinajstić information content (AvgIpc) is 2.94. The van der Waals surface area contributed by atoms with Gasteiger partial charge in [0, 0.05) is 24.6 Å². The first kappa shape index (κ1) is 17.9. The molecule has 1 fully saturated rings. The van der Waals surface area contributed by atoms with Crippen LogP contribution in [0.15, 0.2) is 53.0 Å². The minimum Gasteiger partial charge on any atom is -0.466 e. The third-order valence-electron chi connectivity index (χ3n) is 5.12. The first-order valence-corrected chi connectivity index (χ1v) is 9.82. The molecule has 0 amide bonds. The molecule has 1 aromatic carbocycles. The smallest absolute Gasteiger partial charge is 0.330 e. The van der Waals surface area contributed by atoms with Crippen molar-refractivity contribution in [2.24, 2.45) is 5.41 Å². The number of sulfonamides is 1. The van der Waals surface area contributed by atoms with Gasteiger partial charge in [0.1, 0.15) is 0 Å². The second-order valence-corrected chi connectivity index (χ2v) is 8.71. The summed E-state index contributed by atoms with van der Waals surface area (Å²) in [5, 5.41) is 0. The lowest BCUT2D eigenvalue weighted by atomic mass is 9.73.